The average Bonchev–Trinajstić information content (AvgIpc) is 2.46. The van der Waals surface area contributed by atoms with E-state index in [9.17, 15) is 4.79 Å². The summed E-state index contributed by atoms with van der Waals surface area (Å²) in [4.78, 5) is 12.5. The lowest BCUT2D eigenvalue weighted by Crippen LogP contribution is -2.18. The summed E-state index contributed by atoms with van der Waals surface area (Å²) in [7, 11) is 0. The number of nitrogens with zero attached hydrogens (tertiary/aromatic N) is 1. The quantitative estimate of drug-likeness (QED) is 0.859. The molecule has 0 saturated carbocycles. The first-order valence-corrected chi connectivity index (χ1v) is 7.49. The van der Waals surface area contributed by atoms with Gasteiger partial charge in [-0.15, -0.1) is 11.8 Å². The van der Waals surface area contributed by atoms with E-state index in [1.54, 1.807) is 12.1 Å². The van der Waals surface area contributed by atoms with Gasteiger partial charge in [0.15, 0.2) is 0 Å². The predicted molar refractivity (Wildman–Crippen MR) is 83.1 cm³/mol. The van der Waals surface area contributed by atoms with E-state index in [0.29, 0.717) is 5.56 Å². The smallest absolute Gasteiger partial charge is 0.235 e. The van der Waals surface area contributed by atoms with Crippen LogP contribution in [0.4, 0.5) is 0 Å². The Morgan fingerprint density at radius 1 is 1.15 bits per heavy atom. The molecule has 0 aliphatic rings. The van der Waals surface area contributed by atoms with Crippen LogP contribution >= 0.6 is 27.7 Å². The number of hydrogen-bond donors (Lipinski definition) is 1. The van der Waals surface area contributed by atoms with E-state index >= 15 is 0 Å². The van der Waals surface area contributed by atoms with E-state index in [-0.39, 0.29) is 5.91 Å². The molecular formula is C15H11BrN2OS. The third-order valence-electron chi connectivity index (χ3n) is 2.67. The normalized spacial score (nSPS) is 11.6. The molecule has 0 saturated heterocycles. The molecule has 0 aliphatic heterocycles. The van der Waals surface area contributed by atoms with Crippen LogP contribution in [0.1, 0.15) is 16.4 Å². The highest BCUT2D eigenvalue weighted by atomic mass is 79.9. The van der Waals surface area contributed by atoms with Crippen molar-refractivity contribution in [3.05, 3.63) is 64.1 Å². The Kier molecular flexibility index (Phi) is 4.83. The van der Waals surface area contributed by atoms with Gasteiger partial charge in [0.2, 0.25) is 5.91 Å². The minimum atomic E-state index is -0.448. The van der Waals surface area contributed by atoms with Crippen LogP contribution in [0.5, 0.6) is 0 Å². The molecule has 2 rings (SSSR count). The van der Waals surface area contributed by atoms with Crippen LogP contribution in [0.15, 0.2) is 57.9 Å². The number of nitrogens with two attached hydrogens (primary N) is 1. The Hall–Kier alpha value is -1.77. The molecule has 3 nitrogen and oxygen atoms in total. The van der Waals surface area contributed by atoms with Crippen LogP contribution in [-0.2, 0) is 4.79 Å². The second-order valence-electron chi connectivity index (χ2n) is 4.09. The first-order chi connectivity index (χ1) is 9.60. The molecule has 0 radical (unpaired) electrons. The van der Waals surface area contributed by atoms with Crippen molar-refractivity contribution in [3.8, 4) is 6.07 Å². The molecule has 20 heavy (non-hydrogen) atoms. The van der Waals surface area contributed by atoms with Gasteiger partial charge in [-0.25, -0.2) is 0 Å². The number of hydrogen-bond acceptors (Lipinski definition) is 3. The standard InChI is InChI=1S/C15H11BrN2OS/c16-12-5-3-11(4-6-12)14(15(18)19)20-13-7-1-10(9-17)2-8-13/h1-8,14H,(H2,18,19)/t14-/m1/s1. The van der Waals surface area contributed by atoms with E-state index in [2.05, 4.69) is 22.0 Å². The largest absolute Gasteiger partial charge is 0.368 e. The molecule has 100 valence electrons. The molecule has 1 atom stereocenters. The molecule has 0 bridgehead atoms. The van der Waals surface area contributed by atoms with E-state index in [0.717, 1.165) is 14.9 Å². The van der Waals surface area contributed by atoms with Gasteiger partial charge >= 0.3 is 0 Å². The molecule has 2 aromatic carbocycles. The Morgan fingerprint density at radius 2 is 1.75 bits per heavy atom. The van der Waals surface area contributed by atoms with Crippen LogP contribution in [0.3, 0.4) is 0 Å². The van der Waals surface area contributed by atoms with Gasteiger partial charge in [0.25, 0.3) is 0 Å². The third kappa shape index (κ3) is 3.62. The monoisotopic (exact) mass is 346 g/mol. The zero-order valence-corrected chi connectivity index (χ0v) is 12.8. The molecule has 2 N–H and O–H groups in total. The minimum Gasteiger partial charge on any atom is -0.368 e. The SMILES string of the molecule is N#Cc1ccc(S[C@@H](C(N)=O)c2ccc(Br)cc2)cc1. The van der Waals surface area contributed by atoms with Crippen LogP contribution in [0, 0.1) is 11.3 Å². The first-order valence-electron chi connectivity index (χ1n) is 5.82. The average molecular weight is 347 g/mol. The van der Waals surface area contributed by atoms with Gasteiger partial charge in [-0.3, -0.25) is 4.79 Å². The number of rotatable bonds is 4. The molecule has 0 heterocycles. The fourth-order valence-corrected chi connectivity index (χ4v) is 2.91. The fraction of sp³-hybridized carbons (Fsp3) is 0.0667. The Bertz CT molecular complexity index is 647. The van der Waals surface area contributed by atoms with Crippen molar-refractivity contribution in [2.24, 2.45) is 5.73 Å². The number of amides is 1. The summed E-state index contributed by atoms with van der Waals surface area (Å²) < 4.78 is 0.952. The number of carbonyl (C=O) groups excluding carboxylic acids is 1. The lowest BCUT2D eigenvalue weighted by atomic mass is 10.1. The number of carbonyl (C=O) groups is 1. The molecule has 5 heteroatoms. The van der Waals surface area contributed by atoms with E-state index in [4.69, 9.17) is 11.0 Å². The second kappa shape index (κ2) is 6.60. The predicted octanol–water partition coefficient (Wildman–Crippen LogP) is 3.64. The molecular weight excluding hydrogens is 336 g/mol. The topological polar surface area (TPSA) is 66.9 Å². The molecule has 0 spiro atoms. The molecule has 2 aromatic rings. The van der Waals surface area contributed by atoms with Crippen molar-refractivity contribution in [1.29, 1.82) is 5.26 Å². The van der Waals surface area contributed by atoms with Gasteiger partial charge in [0, 0.05) is 9.37 Å². The molecule has 0 unspecified atom stereocenters. The summed E-state index contributed by atoms with van der Waals surface area (Å²) in [5, 5.41) is 8.32. The van der Waals surface area contributed by atoms with Crippen molar-refractivity contribution in [2.75, 3.05) is 0 Å². The van der Waals surface area contributed by atoms with Gasteiger partial charge in [-0.2, -0.15) is 5.26 Å². The number of halogens is 1. The van der Waals surface area contributed by atoms with E-state index in [1.165, 1.54) is 11.8 Å². The summed E-state index contributed by atoms with van der Waals surface area (Å²) in [5.41, 5.74) is 6.93. The number of benzene rings is 2. The first kappa shape index (κ1) is 14.6. The number of nitriles is 1. The van der Waals surface area contributed by atoms with Gasteiger partial charge in [0.05, 0.1) is 11.6 Å². The van der Waals surface area contributed by atoms with E-state index in [1.807, 2.05) is 36.4 Å². The Labute approximate surface area is 129 Å². The van der Waals surface area contributed by atoms with Crippen LogP contribution in [0.2, 0.25) is 0 Å². The maximum Gasteiger partial charge on any atom is 0.235 e. The summed E-state index contributed by atoms with van der Waals surface area (Å²) in [6, 6.07) is 16.6. The molecule has 0 aliphatic carbocycles. The molecule has 1 amide bonds. The Balaban J connectivity index is 2.23. The third-order valence-corrected chi connectivity index (χ3v) is 4.48. The maximum absolute atomic E-state index is 11.6. The number of thioether (sulfide) groups is 1. The summed E-state index contributed by atoms with van der Waals surface area (Å²) in [6.45, 7) is 0. The second-order valence-corrected chi connectivity index (χ2v) is 6.18. The van der Waals surface area contributed by atoms with Crippen LogP contribution in [-0.4, -0.2) is 5.91 Å². The summed E-state index contributed by atoms with van der Waals surface area (Å²) >= 11 is 4.74. The summed E-state index contributed by atoms with van der Waals surface area (Å²) in [5.74, 6) is -0.387. The van der Waals surface area contributed by atoms with Crippen molar-refractivity contribution in [3.63, 3.8) is 0 Å². The maximum atomic E-state index is 11.6. The highest BCUT2D eigenvalue weighted by molar-refractivity contribution is 9.10. The lowest BCUT2D eigenvalue weighted by Gasteiger charge is -2.13. The zero-order chi connectivity index (χ0) is 14.5. The van der Waals surface area contributed by atoms with Gasteiger partial charge in [-0.05, 0) is 42.0 Å². The Morgan fingerprint density at radius 3 is 2.25 bits per heavy atom. The van der Waals surface area contributed by atoms with Gasteiger partial charge in [-0.1, -0.05) is 28.1 Å². The lowest BCUT2D eigenvalue weighted by molar-refractivity contribution is -0.117. The minimum absolute atomic E-state index is 0.387. The zero-order valence-electron chi connectivity index (χ0n) is 10.4. The van der Waals surface area contributed by atoms with Crippen molar-refractivity contribution < 1.29 is 4.79 Å². The molecule has 0 aromatic heterocycles. The van der Waals surface area contributed by atoms with Crippen molar-refractivity contribution in [2.45, 2.75) is 10.1 Å². The van der Waals surface area contributed by atoms with Gasteiger partial charge in [0.1, 0.15) is 5.25 Å². The highest BCUT2D eigenvalue weighted by Gasteiger charge is 2.19. The highest BCUT2D eigenvalue weighted by Crippen LogP contribution is 2.35. The van der Waals surface area contributed by atoms with Crippen LogP contribution in [0.25, 0.3) is 0 Å². The summed E-state index contributed by atoms with van der Waals surface area (Å²) in [6.07, 6.45) is 0. The fourth-order valence-electron chi connectivity index (χ4n) is 1.67. The van der Waals surface area contributed by atoms with Gasteiger partial charge < -0.3 is 5.73 Å². The number of primary amides is 1. The van der Waals surface area contributed by atoms with Crippen LogP contribution < -0.4 is 5.73 Å². The van der Waals surface area contributed by atoms with Crippen molar-refractivity contribution >= 4 is 33.6 Å². The van der Waals surface area contributed by atoms with E-state index < -0.39 is 5.25 Å². The molecule has 0 fully saturated rings. The van der Waals surface area contributed by atoms with Crippen molar-refractivity contribution in [1.82, 2.24) is 0 Å².